The highest BCUT2D eigenvalue weighted by atomic mass is 32.1. The summed E-state index contributed by atoms with van der Waals surface area (Å²) in [6.45, 7) is -1.03. The molecule has 2 aliphatic rings. The zero-order chi connectivity index (χ0) is 24.8. The van der Waals surface area contributed by atoms with E-state index in [2.05, 4.69) is 42.5 Å². The predicted octanol–water partition coefficient (Wildman–Crippen LogP) is -4.91. The van der Waals surface area contributed by atoms with Crippen LogP contribution in [0.5, 0.6) is 0 Å². The molecule has 0 amide bonds. The first-order chi connectivity index (χ1) is 15.2. The molecule has 0 aromatic heterocycles. The highest BCUT2D eigenvalue weighted by Crippen LogP contribution is 2.23. The van der Waals surface area contributed by atoms with E-state index in [-0.39, 0.29) is 0 Å². The van der Waals surface area contributed by atoms with Gasteiger partial charge < -0.3 is 50.5 Å². The van der Waals surface area contributed by atoms with Gasteiger partial charge in [-0.25, -0.2) is 4.89 Å². The second-order valence-corrected chi connectivity index (χ2v) is 6.02. The lowest BCUT2D eigenvalue weighted by Crippen LogP contribution is -2.57. The predicted molar refractivity (Wildman–Crippen MR) is 93.9 cm³/mol. The Morgan fingerprint density at radius 1 is 0.844 bits per heavy atom. The Morgan fingerprint density at radius 2 is 1.25 bits per heavy atom. The van der Waals surface area contributed by atoms with Crippen molar-refractivity contribution in [3.05, 3.63) is 20.9 Å². The summed E-state index contributed by atoms with van der Waals surface area (Å²) in [5.41, 5.74) is 16.3. The van der Waals surface area contributed by atoms with Gasteiger partial charge in [0.1, 0.15) is 43.1 Å². The van der Waals surface area contributed by atoms with Crippen LogP contribution in [0, 0.1) is 0 Å². The molecular weight excluding hydrogens is 468 g/mol. The Labute approximate surface area is 183 Å². The average Bonchev–Trinajstić information content (AvgIpc) is 2.80. The van der Waals surface area contributed by atoms with Gasteiger partial charge in [0.2, 0.25) is 0 Å². The molecule has 2 fully saturated rings. The van der Waals surface area contributed by atoms with Crippen molar-refractivity contribution >= 4 is 12.5 Å². The van der Waals surface area contributed by atoms with Crippen LogP contribution >= 0.6 is 0 Å². The Bertz CT molecular complexity index is 641. The van der Waals surface area contributed by atoms with Crippen LogP contribution in [0.1, 0.15) is 0 Å². The number of azide groups is 2. The molecule has 32 heavy (non-hydrogen) atoms. The van der Waals surface area contributed by atoms with Gasteiger partial charge in [-0.1, -0.05) is 10.2 Å². The van der Waals surface area contributed by atoms with Crippen molar-refractivity contribution in [3.63, 3.8) is 0 Å². The molecule has 2 aliphatic heterocycles. The summed E-state index contributed by atoms with van der Waals surface area (Å²) in [6, 6.07) is -2.60. The molecule has 184 valence electrons. The molecule has 0 aromatic rings. The van der Waals surface area contributed by atoms with Crippen molar-refractivity contribution in [1.82, 2.24) is 0 Å². The summed E-state index contributed by atoms with van der Waals surface area (Å²) in [6.07, 6.45) is -11.2. The van der Waals surface area contributed by atoms with E-state index in [0.29, 0.717) is 0 Å². The van der Waals surface area contributed by atoms with Gasteiger partial charge in [0.25, 0.3) is 0 Å². The molecule has 10 atom stereocenters. The largest absolute Gasteiger partial charge is 0.692 e. The van der Waals surface area contributed by atoms with E-state index in [9.17, 15) is 35.9 Å². The third kappa shape index (κ3) is 8.26. The van der Waals surface area contributed by atoms with Crippen molar-refractivity contribution in [2.75, 3.05) is 13.2 Å². The second-order valence-electron chi connectivity index (χ2n) is 6.02. The zero-order valence-electron chi connectivity index (χ0n) is 15.9. The molecule has 0 bridgehead atoms. The van der Waals surface area contributed by atoms with Crippen LogP contribution in [0.3, 0.4) is 0 Å². The van der Waals surface area contributed by atoms with Crippen molar-refractivity contribution in [2.24, 2.45) is 10.2 Å². The van der Waals surface area contributed by atoms with E-state index < -0.39 is 74.5 Å². The van der Waals surface area contributed by atoms with Gasteiger partial charge in [-0.2, -0.15) is 4.21 Å². The van der Waals surface area contributed by atoms with E-state index in [1.807, 2.05) is 0 Å². The second kappa shape index (κ2) is 15.9. The molecule has 0 saturated carbocycles. The maximum Gasteiger partial charge on any atom is 0.197 e. The van der Waals surface area contributed by atoms with Crippen LogP contribution in [0.25, 0.3) is 20.9 Å². The molecular formula is C12H21N6O13S-. The van der Waals surface area contributed by atoms with Crippen molar-refractivity contribution < 1.29 is 64.6 Å². The number of hydrogen-bond acceptors (Lipinski definition) is 16. The molecule has 2 saturated heterocycles. The Morgan fingerprint density at radius 3 is 1.62 bits per heavy atom. The van der Waals surface area contributed by atoms with Gasteiger partial charge in [0, 0.05) is 9.82 Å². The smallest absolute Gasteiger partial charge is 0.197 e. The Kier molecular flexibility index (Phi) is 15.0. The molecule has 0 aromatic carbocycles. The summed E-state index contributed by atoms with van der Waals surface area (Å²) in [5.74, 6) is 0. The number of aliphatic hydroxyl groups is 7. The summed E-state index contributed by atoms with van der Waals surface area (Å²) in [5, 5.41) is 83.7. The standard InChI is InChI=1S/C6H11N3O7.C6H11N3O5.OS/c7-9-8-3-5(11)4(10)2(1-14-16-13)15-6(3)12;7-9-8-3-5(12)4(11)2(1-10)14-6(3)13;1-2/h2-6,10-13H,1H2;2-6,10-13H,1H2;/p-1/t2*2?,3?,4-,5-,6?;/m11./s1. The number of aliphatic hydroxyl groups excluding tert-OH is 7. The third-order valence-electron chi connectivity index (χ3n) is 4.20. The molecule has 0 spiro atoms. The van der Waals surface area contributed by atoms with E-state index in [0.717, 1.165) is 0 Å². The molecule has 0 radical (unpaired) electrons. The lowest BCUT2D eigenvalue weighted by molar-refractivity contribution is -0.801. The molecule has 2 heterocycles. The Hall–Kier alpha value is -1.84. The summed E-state index contributed by atoms with van der Waals surface area (Å²) in [7, 11) is 0. The average molecular weight is 489 g/mol. The van der Waals surface area contributed by atoms with Crippen LogP contribution in [0.15, 0.2) is 10.2 Å². The van der Waals surface area contributed by atoms with Gasteiger partial charge in [-0.15, -0.1) is 0 Å². The topological polar surface area (TPSA) is 316 Å². The number of nitrogens with zero attached hydrogens (tertiary/aromatic N) is 6. The number of rotatable bonds is 6. The minimum Gasteiger partial charge on any atom is -0.692 e. The van der Waals surface area contributed by atoms with Crippen LogP contribution in [-0.4, -0.2) is 114 Å². The van der Waals surface area contributed by atoms with Gasteiger partial charge in [0.15, 0.2) is 25.1 Å². The molecule has 20 heteroatoms. The first-order valence-corrected chi connectivity index (χ1v) is 8.73. The van der Waals surface area contributed by atoms with E-state index in [1.165, 1.54) is 0 Å². The molecule has 0 aliphatic carbocycles. The van der Waals surface area contributed by atoms with Crippen molar-refractivity contribution in [3.8, 4) is 0 Å². The van der Waals surface area contributed by atoms with Gasteiger partial charge in [0.05, 0.1) is 18.8 Å². The molecule has 2 rings (SSSR count). The fourth-order valence-electron chi connectivity index (χ4n) is 2.62. The fourth-order valence-corrected chi connectivity index (χ4v) is 2.62. The zero-order valence-corrected chi connectivity index (χ0v) is 16.7. The normalized spacial score (nSPS) is 38.5. The summed E-state index contributed by atoms with van der Waals surface area (Å²) in [4.78, 5) is 8.76. The molecule has 6 unspecified atom stereocenters. The van der Waals surface area contributed by atoms with E-state index in [4.69, 9.17) is 29.9 Å². The molecule has 19 nitrogen and oxygen atoms in total. The molecule has 7 N–H and O–H groups in total. The van der Waals surface area contributed by atoms with E-state index >= 15 is 0 Å². The monoisotopic (exact) mass is 489 g/mol. The van der Waals surface area contributed by atoms with Crippen LogP contribution in [0.4, 0.5) is 0 Å². The quantitative estimate of drug-likeness (QED) is 0.0604. The minimum absolute atomic E-state index is 0.484. The van der Waals surface area contributed by atoms with Crippen molar-refractivity contribution in [1.29, 1.82) is 0 Å². The van der Waals surface area contributed by atoms with Gasteiger partial charge >= 0.3 is 0 Å². The van der Waals surface area contributed by atoms with Crippen LogP contribution in [-0.2, 0) is 31.9 Å². The van der Waals surface area contributed by atoms with Gasteiger partial charge in [-0.3, -0.25) is 5.04 Å². The first-order valence-electron chi connectivity index (χ1n) is 8.40. The third-order valence-corrected chi connectivity index (χ3v) is 4.20. The maximum absolute atomic E-state index is 9.56. The van der Waals surface area contributed by atoms with Crippen molar-refractivity contribution in [2.45, 2.75) is 61.3 Å². The van der Waals surface area contributed by atoms with E-state index in [1.54, 1.807) is 0 Å². The summed E-state index contributed by atoms with van der Waals surface area (Å²) < 4.78 is 17.3. The lowest BCUT2D eigenvalue weighted by atomic mass is 9.98. The highest BCUT2D eigenvalue weighted by molar-refractivity contribution is 7.44. The Balaban J connectivity index is 0.000000561. The number of hydrogen-bond donors (Lipinski definition) is 7. The first kappa shape index (κ1) is 30.2. The van der Waals surface area contributed by atoms with Gasteiger partial charge in [-0.05, 0) is 11.1 Å². The summed E-state index contributed by atoms with van der Waals surface area (Å²) >= 11 is 2.83. The maximum atomic E-state index is 9.56. The lowest BCUT2D eigenvalue weighted by Gasteiger charge is -2.38. The van der Waals surface area contributed by atoms with Crippen LogP contribution in [0.2, 0.25) is 0 Å². The van der Waals surface area contributed by atoms with Crippen LogP contribution < -0.4 is 5.26 Å². The SMILES string of the molecule is O=S.[N-]=[N+]=NC1C(O)OC(CO)[C@@H](O)[C@@H]1O.[N-]=[N+]=NC1C(O)OC(COO[O-])[C@@H](O)[C@@H]1O. The highest BCUT2D eigenvalue weighted by Gasteiger charge is 2.44. The number of ether oxygens (including phenoxy) is 2. The minimum atomic E-state index is -1.60. The fraction of sp³-hybridized carbons (Fsp3) is 1.00.